The number of hydrogen-bond donors (Lipinski definition) is 2. The van der Waals surface area contributed by atoms with E-state index in [1.165, 1.54) is 0 Å². The Morgan fingerprint density at radius 1 is 1.25 bits per heavy atom. The minimum atomic E-state index is -1.21. The molecule has 0 amide bonds. The molecule has 28 heavy (non-hydrogen) atoms. The molecule has 2 N–H and O–H groups in total. The Balaban J connectivity index is 1.60. The summed E-state index contributed by atoms with van der Waals surface area (Å²) in [5, 5.41) is 21.2. The van der Waals surface area contributed by atoms with Crippen molar-refractivity contribution in [3.63, 3.8) is 0 Å². The Morgan fingerprint density at radius 3 is 2.79 bits per heavy atom. The lowest BCUT2D eigenvalue weighted by molar-refractivity contribution is 0.0663. The van der Waals surface area contributed by atoms with Gasteiger partial charge in [0, 0.05) is 24.8 Å². The van der Waals surface area contributed by atoms with Crippen LogP contribution in [0.1, 0.15) is 29.0 Å². The molecule has 0 bridgehead atoms. The first-order valence-electron chi connectivity index (χ1n) is 8.73. The molecule has 9 heteroatoms. The highest BCUT2D eigenvalue weighted by Gasteiger charge is 2.17. The lowest BCUT2D eigenvalue weighted by atomic mass is 10.1. The van der Waals surface area contributed by atoms with Crippen molar-refractivity contribution in [3.05, 3.63) is 48.0 Å². The summed E-state index contributed by atoms with van der Waals surface area (Å²) in [5.74, 6) is -1.29. The van der Waals surface area contributed by atoms with Crippen LogP contribution in [0.4, 0.5) is 17.7 Å². The number of nitrogens with one attached hydrogen (secondary N) is 1. The molecule has 3 aromatic rings. The van der Waals surface area contributed by atoms with Crippen LogP contribution in [0, 0.1) is 11.3 Å². The topological polar surface area (TPSA) is 128 Å². The Hall–Kier alpha value is -3.93. The molecule has 0 spiro atoms. The first-order chi connectivity index (χ1) is 13.6. The second-order valence-corrected chi connectivity index (χ2v) is 6.26. The van der Waals surface area contributed by atoms with Crippen molar-refractivity contribution in [3.8, 4) is 17.3 Å². The average molecular weight is 376 g/mol. The van der Waals surface area contributed by atoms with E-state index in [0.29, 0.717) is 11.3 Å². The van der Waals surface area contributed by atoms with E-state index in [1.54, 1.807) is 12.3 Å². The molecule has 9 nitrogen and oxygen atoms in total. The Bertz CT molecular complexity index is 1070. The molecule has 0 radical (unpaired) electrons. The van der Waals surface area contributed by atoms with Gasteiger partial charge in [-0.15, -0.1) is 0 Å². The van der Waals surface area contributed by atoms with Gasteiger partial charge in [0.05, 0.1) is 23.1 Å². The third kappa shape index (κ3) is 3.48. The van der Waals surface area contributed by atoms with E-state index < -0.39 is 5.97 Å². The van der Waals surface area contributed by atoms with Crippen molar-refractivity contribution < 1.29 is 14.3 Å². The van der Waals surface area contributed by atoms with E-state index in [0.717, 1.165) is 43.4 Å². The summed E-state index contributed by atoms with van der Waals surface area (Å²) in [5.41, 5.74) is 2.94. The average Bonchev–Trinajstić information content (AvgIpc) is 3.40. The molecule has 1 aliphatic heterocycles. The first-order valence-corrected chi connectivity index (χ1v) is 8.73. The van der Waals surface area contributed by atoms with Crippen molar-refractivity contribution in [1.82, 2.24) is 15.0 Å². The van der Waals surface area contributed by atoms with Crippen LogP contribution in [-0.4, -0.2) is 39.1 Å². The van der Waals surface area contributed by atoms with E-state index in [1.807, 2.05) is 18.2 Å². The van der Waals surface area contributed by atoms with Crippen molar-refractivity contribution in [1.29, 1.82) is 5.26 Å². The second-order valence-electron chi connectivity index (χ2n) is 6.26. The SMILES string of the molecule is N#Cc1cc(-c2ccnc(Nc3ncc(C(=O)O)o3)n2)ccc1N1CCCC1. The molecule has 1 aromatic carbocycles. The number of carboxylic acids is 1. The van der Waals surface area contributed by atoms with Gasteiger partial charge in [0.15, 0.2) is 0 Å². The number of hydrogen-bond acceptors (Lipinski definition) is 8. The van der Waals surface area contributed by atoms with E-state index in [4.69, 9.17) is 9.52 Å². The maximum atomic E-state index is 10.9. The predicted octanol–water partition coefficient (Wildman–Crippen LogP) is 3.05. The van der Waals surface area contributed by atoms with Crippen LogP contribution in [0.2, 0.25) is 0 Å². The third-order valence-corrected chi connectivity index (χ3v) is 4.45. The fourth-order valence-corrected chi connectivity index (χ4v) is 3.12. The molecule has 0 saturated carbocycles. The summed E-state index contributed by atoms with van der Waals surface area (Å²) in [6.07, 6.45) is 4.94. The van der Waals surface area contributed by atoms with Crippen LogP contribution >= 0.6 is 0 Å². The molecule has 1 aliphatic rings. The lowest BCUT2D eigenvalue weighted by Gasteiger charge is -2.19. The molecule has 0 unspecified atom stereocenters. The minimum absolute atomic E-state index is 0.0170. The molecule has 140 valence electrons. The number of nitrogens with zero attached hydrogens (tertiary/aromatic N) is 5. The Kier molecular flexibility index (Phi) is 4.60. The third-order valence-electron chi connectivity index (χ3n) is 4.45. The zero-order valence-electron chi connectivity index (χ0n) is 14.8. The lowest BCUT2D eigenvalue weighted by Crippen LogP contribution is -2.18. The number of carboxylic acid groups (broad SMARTS) is 1. The summed E-state index contributed by atoms with van der Waals surface area (Å²) in [7, 11) is 0. The van der Waals surface area contributed by atoms with Crippen molar-refractivity contribution in [2.45, 2.75) is 12.8 Å². The van der Waals surface area contributed by atoms with E-state index in [9.17, 15) is 10.1 Å². The molecular weight excluding hydrogens is 360 g/mol. The number of rotatable bonds is 5. The van der Waals surface area contributed by atoms with Gasteiger partial charge in [0.1, 0.15) is 6.07 Å². The Labute approximate surface area is 160 Å². The smallest absolute Gasteiger partial charge is 0.373 e. The van der Waals surface area contributed by atoms with Gasteiger partial charge < -0.3 is 14.4 Å². The molecule has 3 heterocycles. The largest absolute Gasteiger partial charge is 0.475 e. The van der Waals surface area contributed by atoms with E-state index in [-0.39, 0.29) is 17.7 Å². The maximum absolute atomic E-state index is 10.9. The first kappa shape index (κ1) is 17.5. The fourth-order valence-electron chi connectivity index (χ4n) is 3.12. The maximum Gasteiger partial charge on any atom is 0.373 e. The molecule has 0 aliphatic carbocycles. The summed E-state index contributed by atoms with van der Waals surface area (Å²) in [4.78, 5) is 25.4. The van der Waals surface area contributed by atoms with Crippen LogP contribution < -0.4 is 10.2 Å². The molecular formula is C19H16N6O3. The van der Waals surface area contributed by atoms with Crippen molar-refractivity contribution in [2.24, 2.45) is 0 Å². The number of nitriles is 1. The summed E-state index contributed by atoms with van der Waals surface area (Å²) < 4.78 is 5.05. The molecule has 0 atom stereocenters. The fraction of sp³-hybridized carbons (Fsp3) is 0.211. The Morgan fingerprint density at radius 2 is 2.07 bits per heavy atom. The van der Waals surface area contributed by atoms with Crippen LogP contribution in [0.3, 0.4) is 0 Å². The number of oxazole rings is 1. The van der Waals surface area contributed by atoms with Crippen LogP contribution in [-0.2, 0) is 0 Å². The van der Waals surface area contributed by atoms with Crippen LogP contribution in [0.5, 0.6) is 0 Å². The highest BCUT2D eigenvalue weighted by Crippen LogP contribution is 2.29. The second kappa shape index (κ2) is 7.36. The summed E-state index contributed by atoms with van der Waals surface area (Å²) in [6, 6.07) is 9.67. The zero-order valence-corrected chi connectivity index (χ0v) is 14.8. The number of aromatic nitrogens is 3. The molecule has 1 fully saturated rings. The van der Waals surface area contributed by atoms with Gasteiger partial charge in [-0.05, 0) is 31.0 Å². The zero-order chi connectivity index (χ0) is 19.5. The van der Waals surface area contributed by atoms with Gasteiger partial charge in [-0.2, -0.15) is 5.26 Å². The van der Waals surface area contributed by atoms with Gasteiger partial charge in [0.2, 0.25) is 11.7 Å². The molecule has 1 saturated heterocycles. The highest BCUT2D eigenvalue weighted by atomic mass is 16.4. The van der Waals surface area contributed by atoms with Crippen molar-refractivity contribution >= 4 is 23.6 Å². The summed E-state index contributed by atoms with van der Waals surface area (Å²) in [6.45, 7) is 1.92. The number of aromatic carboxylic acids is 1. The van der Waals surface area contributed by atoms with Gasteiger partial charge in [-0.1, -0.05) is 6.07 Å². The number of carbonyl (C=O) groups is 1. The molecule has 4 rings (SSSR count). The minimum Gasteiger partial charge on any atom is -0.475 e. The number of anilines is 3. The standard InChI is InChI=1S/C19H16N6O3/c20-10-13-9-12(3-4-15(13)25-7-1-2-8-25)14-5-6-21-18(23-14)24-19-22-11-16(28-19)17(26)27/h3-6,9,11H,1-2,7-8H2,(H,26,27)(H,21,22,23,24). The van der Waals surface area contributed by atoms with E-state index >= 15 is 0 Å². The highest BCUT2D eigenvalue weighted by molar-refractivity contribution is 5.84. The van der Waals surface area contributed by atoms with Gasteiger partial charge in [-0.25, -0.2) is 19.7 Å². The normalized spacial score (nSPS) is 13.3. The van der Waals surface area contributed by atoms with Gasteiger partial charge >= 0.3 is 12.0 Å². The summed E-state index contributed by atoms with van der Waals surface area (Å²) >= 11 is 0. The monoisotopic (exact) mass is 376 g/mol. The predicted molar refractivity (Wildman–Crippen MR) is 100 cm³/mol. The van der Waals surface area contributed by atoms with Crippen LogP contribution in [0.25, 0.3) is 11.3 Å². The quantitative estimate of drug-likeness (QED) is 0.690. The molecule has 2 aromatic heterocycles. The van der Waals surface area contributed by atoms with Gasteiger partial charge in [0.25, 0.3) is 0 Å². The van der Waals surface area contributed by atoms with Gasteiger partial charge in [-0.3, -0.25) is 5.32 Å². The number of benzene rings is 1. The van der Waals surface area contributed by atoms with E-state index in [2.05, 4.69) is 31.2 Å². The van der Waals surface area contributed by atoms with Crippen LogP contribution in [0.15, 0.2) is 41.1 Å². The van der Waals surface area contributed by atoms with Crippen molar-refractivity contribution in [2.75, 3.05) is 23.3 Å².